The summed E-state index contributed by atoms with van der Waals surface area (Å²) in [6.07, 6.45) is 6.51. The van der Waals surface area contributed by atoms with Crippen molar-refractivity contribution in [2.24, 2.45) is 0 Å². The molecule has 0 saturated heterocycles. The fraction of sp³-hybridized carbons (Fsp3) is 0.357. The number of hydrogen-bond acceptors (Lipinski definition) is 3. The lowest BCUT2D eigenvalue weighted by molar-refractivity contribution is 0.0774. The number of rotatable bonds is 4. The van der Waals surface area contributed by atoms with Crippen molar-refractivity contribution in [3.8, 4) is 0 Å². The predicted molar refractivity (Wildman–Crippen MR) is 70.6 cm³/mol. The third-order valence-corrected chi connectivity index (χ3v) is 3.33. The van der Waals surface area contributed by atoms with Gasteiger partial charge in [0.2, 0.25) is 0 Å². The number of fused-ring (bicyclic) bond motifs is 1. The van der Waals surface area contributed by atoms with Crippen LogP contribution in [0.1, 0.15) is 28.0 Å². The molecule has 2 aromatic rings. The smallest absolute Gasteiger partial charge is 0.256 e. The van der Waals surface area contributed by atoms with Crippen molar-refractivity contribution in [3.63, 3.8) is 0 Å². The van der Waals surface area contributed by atoms with Crippen LogP contribution in [0.2, 0.25) is 0 Å². The molecule has 19 heavy (non-hydrogen) atoms. The van der Waals surface area contributed by atoms with Gasteiger partial charge in [-0.3, -0.25) is 14.5 Å². The summed E-state index contributed by atoms with van der Waals surface area (Å²) in [5.41, 5.74) is 2.80. The van der Waals surface area contributed by atoms with Gasteiger partial charge in [0.25, 0.3) is 5.91 Å². The van der Waals surface area contributed by atoms with Gasteiger partial charge in [0.05, 0.1) is 24.0 Å². The maximum atomic E-state index is 12.1. The number of carbonyl (C=O) groups is 1. The molecule has 0 saturated carbocycles. The number of carbonyl (C=O) groups excluding carboxylic acids is 1. The highest BCUT2D eigenvalue weighted by molar-refractivity contribution is 5.97. The van der Waals surface area contributed by atoms with Gasteiger partial charge in [0.15, 0.2) is 0 Å². The lowest BCUT2D eigenvalue weighted by Crippen LogP contribution is -2.25. The minimum absolute atomic E-state index is 0.0970. The molecule has 1 amide bonds. The average molecular weight is 256 g/mol. The van der Waals surface area contributed by atoms with Crippen LogP contribution in [0.4, 0.5) is 0 Å². The third kappa shape index (κ3) is 2.36. The average Bonchev–Trinajstić information content (AvgIpc) is 2.96. The summed E-state index contributed by atoms with van der Waals surface area (Å²) < 4.78 is 1.92. The van der Waals surface area contributed by atoms with Crippen LogP contribution in [0.15, 0.2) is 30.7 Å². The van der Waals surface area contributed by atoms with Crippen LogP contribution in [0.25, 0.3) is 0 Å². The molecular weight excluding hydrogens is 240 g/mol. The van der Waals surface area contributed by atoms with Gasteiger partial charge in [-0.2, -0.15) is 5.10 Å². The van der Waals surface area contributed by atoms with Crippen LogP contribution >= 0.6 is 0 Å². The van der Waals surface area contributed by atoms with Crippen LogP contribution in [-0.4, -0.2) is 32.1 Å². The SMILES string of the molecule is Cc1cnn(CCCN2Cc3ncccc3C2=O)c1. The highest BCUT2D eigenvalue weighted by Gasteiger charge is 2.27. The number of aromatic nitrogens is 3. The summed E-state index contributed by atoms with van der Waals surface area (Å²) in [6.45, 7) is 4.23. The second kappa shape index (κ2) is 4.84. The van der Waals surface area contributed by atoms with E-state index in [-0.39, 0.29) is 5.91 Å². The van der Waals surface area contributed by atoms with Crippen molar-refractivity contribution in [2.75, 3.05) is 6.54 Å². The Balaban J connectivity index is 1.57. The molecule has 3 rings (SSSR count). The van der Waals surface area contributed by atoms with E-state index in [4.69, 9.17) is 0 Å². The zero-order chi connectivity index (χ0) is 13.2. The fourth-order valence-electron chi connectivity index (χ4n) is 2.38. The molecule has 0 bridgehead atoms. The topological polar surface area (TPSA) is 51.0 Å². The van der Waals surface area contributed by atoms with E-state index in [9.17, 15) is 4.79 Å². The second-order valence-electron chi connectivity index (χ2n) is 4.86. The summed E-state index contributed by atoms with van der Waals surface area (Å²) in [7, 11) is 0. The molecule has 0 radical (unpaired) electrons. The van der Waals surface area contributed by atoms with E-state index in [0.29, 0.717) is 6.54 Å². The summed E-state index contributed by atoms with van der Waals surface area (Å²) in [4.78, 5) is 18.2. The van der Waals surface area contributed by atoms with Crippen molar-refractivity contribution in [1.29, 1.82) is 0 Å². The molecule has 1 aliphatic rings. The maximum Gasteiger partial charge on any atom is 0.256 e. The van der Waals surface area contributed by atoms with E-state index in [1.54, 1.807) is 6.20 Å². The van der Waals surface area contributed by atoms with Crippen LogP contribution in [0, 0.1) is 6.92 Å². The van der Waals surface area contributed by atoms with Crippen molar-refractivity contribution < 1.29 is 4.79 Å². The molecule has 0 unspecified atom stereocenters. The zero-order valence-corrected chi connectivity index (χ0v) is 10.9. The Kier molecular flexibility index (Phi) is 3.03. The highest BCUT2D eigenvalue weighted by atomic mass is 16.2. The summed E-state index contributed by atoms with van der Waals surface area (Å²) in [5, 5.41) is 4.24. The highest BCUT2D eigenvalue weighted by Crippen LogP contribution is 2.20. The van der Waals surface area contributed by atoms with Crippen LogP contribution in [0.3, 0.4) is 0 Å². The van der Waals surface area contributed by atoms with Gasteiger partial charge in [-0.15, -0.1) is 0 Å². The van der Waals surface area contributed by atoms with Gasteiger partial charge >= 0.3 is 0 Å². The maximum absolute atomic E-state index is 12.1. The quantitative estimate of drug-likeness (QED) is 0.835. The van der Waals surface area contributed by atoms with Crippen molar-refractivity contribution in [3.05, 3.63) is 47.5 Å². The Bertz CT molecular complexity index is 605. The Morgan fingerprint density at radius 3 is 3.00 bits per heavy atom. The fourth-order valence-corrected chi connectivity index (χ4v) is 2.38. The lowest BCUT2D eigenvalue weighted by Gasteiger charge is -2.14. The van der Waals surface area contributed by atoms with E-state index in [1.165, 1.54) is 0 Å². The van der Waals surface area contributed by atoms with Crippen molar-refractivity contribution in [1.82, 2.24) is 19.7 Å². The second-order valence-corrected chi connectivity index (χ2v) is 4.86. The molecule has 0 spiro atoms. The first-order chi connectivity index (χ1) is 9.24. The Hall–Kier alpha value is -2.17. The first-order valence-corrected chi connectivity index (χ1v) is 6.46. The molecule has 0 atom stereocenters. The van der Waals surface area contributed by atoms with Gasteiger partial charge in [0, 0.05) is 25.5 Å². The monoisotopic (exact) mass is 256 g/mol. The lowest BCUT2D eigenvalue weighted by atomic mass is 10.2. The van der Waals surface area contributed by atoms with Crippen LogP contribution in [-0.2, 0) is 13.1 Å². The zero-order valence-electron chi connectivity index (χ0n) is 10.9. The molecule has 3 heterocycles. The van der Waals surface area contributed by atoms with Gasteiger partial charge in [-0.1, -0.05) is 0 Å². The molecule has 2 aromatic heterocycles. The first-order valence-electron chi connectivity index (χ1n) is 6.46. The van der Waals surface area contributed by atoms with Gasteiger partial charge in [-0.05, 0) is 31.0 Å². The molecule has 0 aromatic carbocycles. The summed E-state index contributed by atoms with van der Waals surface area (Å²) in [6, 6.07) is 3.66. The van der Waals surface area contributed by atoms with E-state index in [0.717, 1.165) is 36.3 Å². The summed E-state index contributed by atoms with van der Waals surface area (Å²) in [5.74, 6) is 0.0970. The molecule has 5 heteroatoms. The predicted octanol–water partition coefficient (Wildman–Crippen LogP) is 1.63. The number of amides is 1. The molecule has 0 N–H and O–H groups in total. The van der Waals surface area contributed by atoms with E-state index >= 15 is 0 Å². The Labute approximate surface area is 111 Å². The van der Waals surface area contributed by atoms with Crippen molar-refractivity contribution in [2.45, 2.75) is 26.4 Å². The van der Waals surface area contributed by atoms with Crippen molar-refractivity contribution >= 4 is 5.91 Å². The number of hydrogen-bond donors (Lipinski definition) is 0. The minimum atomic E-state index is 0.0970. The normalized spacial score (nSPS) is 13.9. The third-order valence-electron chi connectivity index (χ3n) is 3.33. The molecule has 5 nitrogen and oxygen atoms in total. The molecule has 0 fully saturated rings. The van der Waals surface area contributed by atoms with E-state index in [2.05, 4.69) is 10.1 Å². The van der Waals surface area contributed by atoms with Gasteiger partial charge < -0.3 is 4.90 Å². The standard InChI is InChI=1S/C14H16N4O/c1-11-8-16-18(9-11)7-3-6-17-10-13-12(14(17)19)4-2-5-15-13/h2,4-5,8-9H,3,6-7,10H2,1H3. The molecule has 0 aliphatic carbocycles. The molecule has 1 aliphatic heterocycles. The Morgan fingerprint density at radius 2 is 2.26 bits per heavy atom. The summed E-state index contributed by atoms with van der Waals surface area (Å²) >= 11 is 0. The molecule has 98 valence electrons. The van der Waals surface area contributed by atoms with Crippen LogP contribution < -0.4 is 0 Å². The number of nitrogens with zero attached hydrogens (tertiary/aromatic N) is 4. The molecular formula is C14H16N4O. The Morgan fingerprint density at radius 1 is 1.37 bits per heavy atom. The number of aryl methyl sites for hydroxylation is 2. The first kappa shape index (κ1) is 11.9. The number of pyridine rings is 1. The van der Waals surface area contributed by atoms with Crippen LogP contribution in [0.5, 0.6) is 0 Å². The van der Waals surface area contributed by atoms with E-state index in [1.807, 2.05) is 41.0 Å². The minimum Gasteiger partial charge on any atom is -0.333 e. The van der Waals surface area contributed by atoms with Gasteiger partial charge in [0.1, 0.15) is 0 Å². The largest absolute Gasteiger partial charge is 0.333 e. The van der Waals surface area contributed by atoms with Gasteiger partial charge in [-0.25, -0.2) is 0 Å². The van der Waals surface area contributed by atoms with E-state index < -0.39 is 0 Å².